The molecule has 3 heteroatoms. The summed E-state index contributed by atoms with van der Waals surface area (Å²) in [5.41, 5.74) is 1.04. The van der Waals surface area contributed by atoms with Crippen LogP contribution in [0.4, 0.5) is 0 Å². The van der Waals surface area contributed by atoms with E-state index in [1.54, 1.807) is 0 Å². The Labute approximate surface area is 110 Å². The molecular formula is C15H24O3. The Balaban J connectivity index is 2.22. The summed E-state index contributed by atoms with van der Waals surface area (Å²) in [6, 6.07) is 7.80. The highest BCUT2D eigenvalue weighted by Gasteiger charge is 2.02. The van der Waals surface area contributed by atoms with E-state index in [2.05, 4.69) is 13.8 Å². The van der Waals surface area contributed by atoms with Crippen LogP contribution in [0.3, 0.4) is 0 Å². The van der Waals surface area contributed by atoms with Gasteiger partial charge >= 0.3 is 0 Å². The second-order valence-electron chi connectivity index (χ2n) is 4.72. The van der Waals surface area contributed by atoms with Crippen molar-refractivity contribution in [1.82, 2.24) is 0 Å². The van der Waals surface area contributed by atoms with Gasteiger partial charge in [-0.25, -0.2) is 0 Å². The number of hydrogen-bond donors (Lipinski definition) is 1. The number of ether oxygens (including phenoxy) is 2. The van der Waals surface area contributed by atoms with E-state index >= 15 is 0 Å². The van der Waals surface area contributed by atoms with Gasteiger partial charge in [0, 0.05) is 13.2 Å². The molecule has 0 heterocycles. The van der Waals surface area contributed by atoms with E-state index in [1.807, 2.05) is 24.3 Å². The number of rotatable bonds is 9. The maximum Gasteiger partial charge on any atom is 0.122 e. The molecule has 0 unspecified atom stereocenters. The monoisotopic (exact) mass is 252 g/mol. The van der Waals surface area contributed by atoms with Crippen molar-refractivity contribution in [2.45, 2.75) is 26.7 Å². The molecule has 1 aromatic rings. The van der Waals surface area contributed by atoms with E-state index in [-0.39, 0.29) is 6.61 Å². The fourth-order valence-electron chi connectivity index (χ4n) is 1.60. The molecule has 1 N–H and O–H groups in total. The molecule has 0 amide bonds. The number of benzene rings is 1. The van der Waals surface area contributed by atoms with Crippen molar-refractivity contribution in [3.05, 3.63) is 29.8 Å². The normalized spacial score (nSPS) is 10.9. The molecule has 18 heavy (non-hydrogen) atoms. The van der Waals surface area contributed by atoms with Gasteiger partial charge in [0.1, 0.15) is 12.4 Å². The number of aliphatic hydroxyl groups excluding tert-OH is 1. The molecule has 0 saturated heterocycles. The number of para-hydroxylation sites is 1. The fraction of sp³-hybridized carbons (Fsp3) is 0.600. The minimum Gasteiger partial charge on any atom is -0.491 e. The lowest BCUT2D eigenvalue weighted by atomic mass is 10.1. The average molecular weight is 252 g/mol. The third-order valence-corrected chi connectivity index (χ3v) is 2.68. The van der Waals surface area contributed by atoms with Crippen LogP contribution in [0.2, 0.25) is 0 Å². The van der Waals surface area contributed by atoms with E-state index in [4.69, 9.17) is 14.6 Å². The van der Waals surface area contributed by atoms with Gasteiger partial charge in [0.2, 0.25) is 0 Å². The van der Waals surface area contributed by atoms with Gasteiger partial charge in [0.05, 0.1) is 6.61 Å². The van der Waals surface area contributed by atoms with Gasteiger partial charge in [-0.05, 0) is 30.4 Å². The standard InChI is InChI=1S/C15H24O3/c1-13(2)8-10-17-11-12-18-15-6-4-3-5-14(15)7-9-16/h3-6,13,16H,7-12H2,1-2H3. The summed E-state index contributed by atoms with van der Waals surface area (Å²) in [6.45, 7) is 6.47. The van der Waals surface area contributed by atoms with Crippen molar-refractivity contribution in [3.8, 4) is 5.75 Å². The van der Waals surface area contributed by atoms with Crippen molar-refractivity contribution in [2.24, 2.45) is 5.92 Å². The van der Waals surface area contributed by atoms with Crippen molar-refractivity contribution >= 4 is 0 Å². The highest BCUT2D eigenvalue weighted by Crippen LogP contribution is 2.18. The third kappa shape index (κ3) is 6.03. The molecule has 0 bridgehead atoms. The second-order valence-corrected chi connectivity index (χ2v) is 4.72. The highest BCUT2D eigenvalue weighted by molar-refractivity contribution is 5.33. The molecule has 0 aliphatic rings. The van der Waals surface area contributed by atoms with Crippen LogP contribution in [0.5, 0.6) is 5.75 Å². The molecular weight excluding hydrogens is 228 g/mol. The summed E-state index contributed by atoms with van der Waals surface area (Å²) in [5.74, 6) is 1.52. The molecule has 0 aliphatic heterocycles. The van der Waals surface area contributed by atoms with Gasteiger partial charge < -0.3 is 14.6 Å². The molecule has 0 atom stereocenters. The molecule has 1 aromatic carbocycles. The van der Waals surface area contributed by atoms with Crippen molar-refractivity contribution in [2.75, 3.05) is 26.4 Å². The van der Waals surface area contributed by atoms with Crippen LogP contribution in [-0.2, 0) is 11.2 Å². The Morgan fingerprint density at radius 3 is 2.61 bits per heavy atom. The largest absolute Gasteiger partial charge is 0.491 e. The molecule has 102 valence electrons. The molecule has 0 aliphatic carbocycles. The molecule has 0 fully saturated rings. The average Bonchev–Trinajstić information content (AvgIpc) is 2.35. The van der Waals surface area contributed by atoms with Crippen LogP contribution in [0.15, 0.2) is 24.3 Å². The summed E-state index contributed by atoms with van der Waals surface area (Å²) in [6.07, 6.45) is 1.71. The highest BCUT2D eigenvalue weighted by atomic mass is 16.5. The number of aliphatic hydroxyl groups is 1. The molecule has 3 nitrogen and oxygen atoms in total. The molecule has 0 spiro atoms. The summed E-state index contributed by atoms with van der Waals surface area (Å²) in [7, 11) is 0. The summed E-state index contributed by atoms with van der Waals surface area (Å²) >= 11 is 0. The van der Waals surface area contributed by atoms with E-state index in [9.17, 15) is 0 Å². The first-order valence-corrected chi connectivity index (χ1v) is 6.63. The summed E-state index contributed by atoms with van der Waals surface area (Å²) < 4.78 is 11.2. The third-order valence-electron chi connectivity index (χ3n) is 2.68. The Morgan fingerprint density at radius 1 is 1.11 bits per heavy atom. The number of hydrogen-bond acceptors (Lipinski definition) is 3. The van der Waals surface area contributed by atoms with Crippen LogP contribution in [0.25, 0.3) is 0 Å². The van der Waals surface area contributed by atoms with Crippen LogP contribution < -0.4 is 4.74 Å². The van der Waals surface area contributed by atoms with Gasteiger partial charge in [-0.1, -0.05) is 32.0 Å². The van der Waals surface area contributed by atoms with Crippen LogP contribution >= 0.6 is 0 Å². The van der Waals surface area contributed by atoms with Crippen LogP contribution in [0, 0.1) is 5.92 Å². The second kappa shape index (κ2) is 8.95. The van der Waals surface area contributed by atoms with Gasteiger partial charge in [-0.15, -0.1) is 0 Å². The van der Waals surface area contributed by atoms with E-state index in [0.717, 1.165) is 24.3 Å². The topological polar surface area (TPSA) is 38.7 Å². The maximum absolute atomic E-state index is 8.96. The van der Waals surface area contributed by atoms with Gasteiger partial charge in [0.25, 0.3) is 0 Å². The molecule has 0 radical (unpaired) electrons. The Hall–Kier alpha value is -1.06. The van der Waals surface area contributed by atoms with Crippen molar-refractivity contribution < 1.29 is 14.6 Å². The van der Waals surface area contributed by atoms with E-state index in [0.29, 0.717) is 25.6 Å². The first kappa shape index (κ1) is 15.0. The fourth-order valence-corrected chi connectivity index (χ4v) is 1.60. The minimum absolute atomic E-state index is 0.144. The molecule has 0 saturated carbocycles. The maximum atomic E-state index is 8.96. The summed E-state index contributed by atoms with van der Waals surface area (Å²) in [5, 5.41) is 8.96. The Bertz CT molecular complexity index is 323. The zero-order chi connectivity index (χ0) is 13.2. The lowest BCUT2D eigenvalue weighted by Crippen LogP contribution is -2.09. The van der Waals surface area contributed by atoms with Gasteiger partial charge in [0.15, 0.2) is 0 Å². The van der Waals surface area contributed by atoms with Crippen LogP contribution in [-0.4, -0.2) is 31.5 Å². The van der Waals surface area contributed by atoms with Crippen LogP contribution in [0.1, 0.15) is 25.8 Å². The summed E-state index contributed by atoms with van der Waals surface area (Å²) in [4.78, 5) is 0. The quantitative estimate of drug-likeness (QED) is 0.687. The zero-order valence-corrected chi connectivity index (χ0v) is 11.4. The molecule has 0 aromatic heterocycles. The van der Waals surface area contributed by atoms with Crippen molar-refractivity contribution in [3.63, 3.8) is 0 Å². The predicted octanol–water partition coefficient (Wildman–Crippen LogP) is 2.66. The van der Waals surface area contributed by atoms with Gasteiger partial charge in [-0.2, -0.15) is 0 Å². The van der Waals surface area contributed by atoms with E-state index < -0.39 is 0 Å². The molecule has 1 rings (SSSR count). The Morgan fingerprint density at radius 2 is 1.89 bits per heavy atom. The van der Waals surface area contributed by atoms with E-state index in [1.165, 1.54) is 0 Å². The lowest BCUT2D eigenvalue weighted by molar-refractivity contribution is 0.0922. The SMILES string of the molecule is CC(C)CCOCCOc1ccccc1CCO. The van der Waals surface area contributed by atoms with Gasteiger partial charge in [-0.3, -0.25) is 0 Å². The lowest BCUT2D eigenvalue weighted by Gasteiger charge is -2.11. The first-order chi connectivity index (χ1) is 8.74. The zero-order valence-electron chi connectivity index (χ0n) is 11.4. The smallest absolute Gasteiger partial charge is 0.122 e. The first-order valence-electron chi connectivity index (χ1n) is 6.63. The predicted molar refractivity (Wildman–Crippen MR) is 73.0 cm³/mol. The minimum atomic E-state index is 0.144. The Kier molecular flexibility index (Phi) is 7.46. The van der Waals surface area contributed by atoms with Crippen molar-refractivity contribution in [1.29, 1.82) is 0 Å².